The highest BCUT2D eigenvalue weighted by Crippen LogP contribution is 2.27. The number of phenolic OH excluding ortho intramolecular Hbond substituents is 1. The van der Waals surface area contributed by atoms with Gasteiger partial charge in [-0.3, -0.25) is 9.69 Å². The van der Waals surface area contributed by atoms with Gasteiger partial charge in [0.25, 0.3) is 0 Å². The molecule has 3 N–H and O–H groups in total. The van der Waals surface area contributed by atoms with Crippen LogP contribution < -0.4 is 5.73 Å². The highest BCUT2D eigenvalue weighted by atomic mass is 19.1. The third-order valence-corrected chi connectivity index (χ3v) is 2.51. The Balaban J connectivity index is 2.87. The number of nitrogens with zero attached hydrogens (tertiary/aromatic N) is 1. The fourth-order valence-corrected chi connectivity index (χ4v) is 1.49. The van der Waals surface area contributed by atoms with Gasteiger partial charge in [0.2, 0.25) is 5.91 Å². The van der Waals surface area contributed by atoms with Crippen LogP contribution in [0, 0.1) is 5.82 Å². The summed E-state index contributed by atoms with van der Waals surface area (Å²) in [5.41, 5.74) is 5.63. The van der Waals surface area contributed by atoms with Gasteiger partial charge in [0, 0.05) is 17.7 Å². The number of phenols is 1. The van der Waals surface area contributed by atoms with Crippen molar-refractivity contribution in [2.45, 2.75) is 13.0 Å². The monoisotopic (exact) mass is 226 g/mol. The average Bonchev–Trinajstić information content (AvgIpc) is 2.15. The van der Waals surface area contributed by atoms with E-state index < -0.39 is 11.7 Å². The first-order valence-electron chi connectivity index (χ1n) is 4.88. The first-order valence-corrected chi connectivity index (χ1v) is 4.88. The minimum absolute atomic E-state index is 0.0813. The molecule has 5 heteroatoms. The summed E-state index contributed by atoms with van der Waals surface area (Å²) < 4.78 is 12.8. The van der Waals surface area contributed by atoms with E-state index in [9.17, 15) is 14.3 Å². The van der Waals surface area contributed by atoms with E-state index in [2.05, 4.69) is 0 Å². The molecule has 1 rings (SSSR count). The third-order valence-electron chi connectivity index (χ3n) is 2.51. The van der Waals surface area contributed by atoms with Gasteiger partial charge < -0.3 is 10.8 Å². The number of likely N-dealkylation sites (N-methyl/N-ethyl adjacent to an activating group) is 1. The zero-order valence-electron chi connectivity index (χ0n) is 9.27. The standard InChI is InChI=1S/C11H15FN2O2/c1-7(14(2)6-11(13)16)9-4-3-8(12)5-10(9)15/h3-5,7,15H,6H2,1-2H3,(H2,13,16). The number of amides is 1. The molecule has 0 spiro atoms. The van der Waals surface area contributed by atoms with E-state index in [4.69, 9.17) is 5.73 Å². The van der Waals surface area contributed by atoms with Crippen LogP contribution in [0.25, 0.3) is 0 Å². The molecule has 0 heterocycles. The number of nitrogens with two attached hydrogens (primary N) is 1. The van der Waals surface area contributed by atoms with Crippen molar-refractivity contribution < 1.29 is 14.3 Å². The van der Waals surface area contributed by atoms with Crippen molar-refractivity contribution in [1.29, 1.82) is 0 Å². The molecule has 0 aromatic heterocycles. The fraction of sp³-hybridized carbons (Fsp3) is 0.364. The average molecular weight is 226 g/mol. The second-order valence-electron chi connectivity index (χ2n) is 3.76. The van der Waals surface area contributed by atoms with Gasteiger partial charge in [-0.05, 0) is 20.0 Å². The number of rotatable bonds is 4. The SMILES string of the molecule is CC(c1ccc(F)cc1O)N(C)CC(N)=O. The molecule has 1 atom stereocenters. The van der Waals surface area contributed by atoms with Gasteiger partial charge >= 0.3 is 0 Å². The Labute approximate surface area is 93.5 Å². The maximum Gasteiger partial charge on any atom is 0.231 e. The lowest BCUT2D eigenvalue weighted by atomic mass is 10.1. The first-order chi connectivity index (χ1) is 7.41. The van der Waals surface area contributed by atoms with Crippen LogP contribution in [0.15, 0.2) is 18.2 Å². The molecule has 0 aliphatic heterocycles. The molecule has 0 saturated heterocycles. The van der Waals surface area contributed by atoms with Gasteiger partial charge in [0.15, 0.2) is 0 Å². The third kappa shape index (κ3) is 2.93. The quantitative estimate of drug-likeness (QED) is 0.805. The Kier molecular flexibility index (Phi) is 3.84. The molecule has 16 heavy (non-hydrogen) atoms. The topological polar surface area (TPSA) is 66.6 Å². The van der Waals surface area contributed by atoms with Crippen molar-refractivity contribution in [3.8, 4) is 5.75 Å². The van der Waals surface area contributed by atoms with Gasteiger partial charge in [-0.2, -0.15) is 0 Å². The molecular formula is C11H15FN2O2. The van der Waals surface area contributed by atoms with Crippen LogP contribution in [0.4, 0.5) is 4.39 Å². The van der Waals surface area contributed by atoms with E-state index in [1.54, 1.807) is 18.9 Å². The summed E-state index contributed by atoms with van der Waals surface area (Å²) in [7, 11) is 1.71. The largest absolute Gasteiger partial charge is 0.508 e. The summed E-state index contributed by atoms with van der Waals surface area (Å²) in [5.74, 6) is -1.06. The summed E-state index contributed by atoms with van der Waals surface area (Å²) in [6.45, 7) is 1.88. The van der Waals surface area contributed by atoms with E-state index in [-0.39, 0.29) is 18.3 Å². The number of hydrogen-bond donors (Lipinski definition) is 2. The molecule has 0 aliphatic rings. The van der Waals surface area contributed by atoms with Crippen molar-refractivity contribution in [2.75, 3.05) is 13.6 Å². The molecule has 1 unspecified atom stereocenters. The Morgan fingerprint density at radius 3 is 2.75 bits per heavy atom. The van der Waals surface area contributed by atoms with Crippen LogP contribution in [-0.4, -0.2) is 29.5 Å². The molecular weight excluding hydrogens is 211 g/mol. The van der Waals surface area contributed by atoms with Crippen LogP contribution in [-0.2, 0) is 4.79 Å². The van der Waals surface area contributed by atoms with Crippen LogP contribution >= 0.6 is 0 Å². The maximum absolute atomic E-state index is 12.8. The van der Waals surface area contributed by atoms with Crippen LogP contribution in [0.5, 0.6) is 5.75 Å². The van der Waals surface area contributed by atoms with Gasteiger partial charge in [-0.1, -0.05) is 6.07 Å². The minimum atomic E-state index is -0.494. The summed E-state index contributed by atoms with van der Waals surface area (Å²) >= 11 is 0. The van der Waals surface area contributed by atoms with E-state index in [0.29, 0.717) is 5.56 Å². The summed E-state index contributed by atoms with van der Waals surface area (Å²) in [5, 5.41) is 9.56. The van der Waals surface area contributed by atoms with Gasteiger partial charge in [-0.25, -0.2) is 4.39 Å². The number of carbonyl (C=O) groups excluding carboxylic acids is 1. The lowest BCUT2D eigenvalue weighted by Crippen LogP contribution is -2.32. The number of benzene rings is 1. The molecule has 1 aromatic rings. The molecule has 0 radical (unpaired) electrons. The van der Waals surface area contributed by atoms with Crippen LogP contribution in [0.2, 0.25) is 0 Å². The maximum atomic E-state index is 12.8. The normalized spacial score (nSPS) is 12.8. The zero-order chi connectivity index (χ0) is 12.3. The lowest BCUT2D eigenvalue weighted by molar-refractivity contribution is -0.119. The van der Waals surface area contributed by atoms with E-state index >= 15 is 0 Å². The minimum Gasteiger partial charge on any atom is -0.508 e. The molecule has 4 nitrogen and oxygen atoms in total. The van der Waals surface area contributed by atoms with Crippen LogP contribution in [0.1, 0.15) is 18.5 Å². The smallest absolute Gasteiger partial charge is 0.231 e. The predicted molar refractivity (Wildman–Crippen MR) is 58.3 cm³/mol. The second kappa shape index (κ2) is 4.94. The molecule has 0 aliphatic carbocycles. The molecule has 1 amide bonds. The Morgan fingerprint density at radius 1 is 1.62 bits per heavy atom. The van der Waals surface area contributed by atoms with Crippen LogP contribution in [0.3, 0.4) is 0 Å². The highest BCUT2D eigenvalue weighted by molar-refractivity contribution is 5.75. The molecule has 0 bridgehead atoms. The summed E-state index contributed by atoms with van der Waals surface area (Å²) in [4.78, 5) is 12.4. The van der Waals surface area contributed by atoms with E-state index in [1.165, 1.54) is 12.1 Å². The molecule has 1 aromatic carbocycles. The van der Waals surface area contributed by atoms with Crippen molar-refractivity contribution in [3.05, 3.63) is 29.6 Å². The van der Waals surface area contributed by atoms with E-state index in [1.807, 2.05) is 0 Å². The van der Waals surface area contributed by atoms with Crippen molar-refractivity contribution in [1.82, 2.24) is 4.90 Å². The second-order valence-corrected chi connectivity index (χ2v) is 3.76. The lowest BCUT2D eigenvalue weighted by Gasteiger charge is -2.24. The van der Waals surface area contributed by atoms with Crippen molar-refractivity contribution >= 4 is 5.91 Å². The Bertz CT molecular complexity index is 396. The molecule has 0 saturated carbocycles. The Morgan fingerprint density at radius 2 is 2.25 bits per heavy atom. The number of aromatic hydroxyl groups is 1. The number of primary amides is 1. The zero-order valence-corrected chi connectivity index (χ0v) is 9.27. The van der Waals surface area contributed by atoms with Crippen molar-refractivity contribution in [3.63, 3.8) is 0 Å². The van der Waals surface area contributed by atoms with E-state index in [0.717, 1.165) is 6.07 Å². The fourth-order valence-electron chi connectivity index (χ4n) is 1.49. The van der Waals surface area contributed by atoms with Gasteiger partial charge in [-0.15, -0.1) is 0 Å². The first kappa shape index (κ1) is 12.4. The highest BCUT2D eigenvalue weighted by Gasteiger charge is 2.16. The summed E-state index contributed by atoms with van der Waals surface area (Å²) in [6, 6.07) is 3.59. The number of carbonyl (C=O) groups is 1. The van der Waals surface area contributed by atoms with Gasteiger partial charge in [0.1, 0.15) is 11.6 Å². The molecule has 0 fully saturated rings. The van der Waals surface area contributed by atoms with Gasteiger partial charge in [0.05, 0.1) is 6.54 Å². The Hall–Kier alpha value is -1.62. The van der Waals surface area contributed by atoms with Crippen molar-refractivity contribution in [2.24, 2.45) is 5.73 Å². The predicted octanol–water partition coefficient (Wildman–Crippen LogP) is 1.01. The number of hydrogen-bond acceptors (Lipinski definition) is 3. The number of halogens is 1. The summed E-state index contributed by atoms with van der Waals surface area (Å²) in [6.07, 6.45) is 0. The molecule has 88 valence electrons.